The summed E-state index contributed by atoms with van der Waals surface area (Å²) >= 11 is 0. The van der Waals surface area contributed by atoms with Crippen LogP contribution in [0, 0.1) is 13.8 Å². The Morgan fingerprint density at radius 2 is 1.67 bits per heavy atom. The highest BCUT2D eigenvalue weighted by atomic mass is 19.4. The fourth-order valence-electron chi connectivity index (χ4n) is 5.84. The number of aryl methyl sites for hydroxylation is 2. The smallest absolute Gasteiger partial charge is 0.433 e. The number of alkyl halides is 3. The highest BCUT2D eigenvalue weighted by Crippen LogP contribution is 2.40. The van der Waals surface area contributed by atoms with Gasteiger partial charge in [-0.2, -0.15) is 23.4 Å². The topological polar surface area (TPSA) is 86.3 Å². The summed E-state index contributed by atoms with van der Waals surface area (Å²) < 4.78 is 51.8. The third-order valence-electron chi connectivity index (χ3n) is 7.95. The summed E-state index contributed by atoms with van der Waals surface area (Å²) in [6.45, 7) is 3.99. The number of aromatic nitrogens is 5. The number of amides is 1. The van der Waals surface area contributed by atoms with Crippen molar-refractivity contribution < 1.29 is 22.7 Å². The van der Waals surface area contributed by atoms with Crippen LogP contribution in [0.4, 0.5) is 18.9 Å². The maximum atomic E-state index is 14.5. The average Bonchev–Trinajstić information content (AvgIpc) is 3.56. The van der Waals surface area contributed by atoms with E-state index in [1.54, 1.807) is 23.7 Å². The predicted octanol–water partition coefficient (Wildman–Crippen LogP) is 7.42. The molecular formula is C34H27F3N6O2. The van der Waals surface area contributed by atoms with Gasteiger partial charge in [0.15, 0.2) is 17.0 Å². The number of halogens is 3. The summed E-state index contributed by atoms with van der Waals surface area (Å²) in [5, 5.41) is 11.5. The first-order chi connectivity index (χ1) is 21.7. The van der Waals surface area contributed by atoms with Gasteiger partial charge in [-0.15, -0.1) is 0 Å². The van der Waals surface area contributed by atoms with Gasteiger partial charge in [-0.05, 0) is 62.1 Å². The van der Waals surface area contributed by atoms with Gasteiger partial charge in [0.05, 0.1) is 29.3 Å². The molecule has 0 atom stereocenters. The number of anilines is 1. The number of nitrogens with zero attached hydrogens (tertiary/aromatic N) is 5. The number of hydrogen-bond donors (Lipinski definition) is 1. The predicted molar refractivity (Wildman–Crippen MR) is 163 cm³/mol. The van der Waals surface area contributed by atoms with Crippen LogP contribution in [0.1, 0.15) is 44.3 Å². The van der Waals surface area contributed by atoms with E-state index in [1.807, 2.05) is 73.7 Å². The molecule has 1 N–H and O–H groups in total. The van der Waals surface area contributed by atoms with Crippen LogP contribution >= 0.6 is 0 Å². The Morgan fingerprint density at radius 1 is 0.911 bits per heavy atom. The molecule has 0 aliphatic heterocycles. The van der Waals surface area contributed by atoms with Gasteiger partial charge in [0.1, 0.15) is 11.5 Å². The second kappa shape index (κ2) is 10.9. The third-order valence-corrected chi connectivity index (χ3v) is 7.95. The molecule has 0 bridgehead atoms. The van der Waals surface area contributed by atoms with E-state index in [4.69, 9.17) is 4.74 Å². The Morgan fingerprint density at radius 3 is 2.47 bits per heavy atom. The van der Waals surface area contributed by atoms with Crippen LogP contribution in [-0.4, -0.2) is 30.3 Å². The van der Waals surface area contributed by atoms with Crippen LogP contribution in [0.3, 0.4) is 0 Å². The van der Waals surface area contributed by atoms with Gasteiger partial charge >= 0.3 is 6.18 Å². The summed E-state index contributed by atoms with van der Waals surface area (Å²) in [7, 11) is 0. The Hall–Kier alpha value is -5.45. The molecule has 0 radical (unpaired) electrons. The van der Waals surface area contributed by atoms with Crippen molar-refractivity contribution >= 4 is 17.2 Å². The standard InChI is InChI=1S/C34H27F3N6O2/c1-20-30(21(2)42(40-20)19-22-9-8-13-25(17-22)45-24-11-4-3-5-12-24)39-33(44)28-18-29-38-31-26-14-7-6-10-23(26)15-16-27(31)32(34(35,36)37)43(29)41-28/h3-14,17-18H,15-16,19H2,1-2H3,(H,39,44). The average molecular weight is 609 g/mol. The lowest BCUT2D eigenvalue weighted by molar-refractivity contribution is -0.143. The number of fused-ring (bicyclic) bond motifs is 4. The quantitative estimate of drug-likeness (QED) is 0.213. The number of carbonyl (C=O) groups is 1. The fraction of sp³-hybridized carbons (Fsp3) is 0.176. The van der Waals surface area contributed by atoms with Crippen LogP contribution in [0.25, 0.3) is 16.9 Å². The molecule has 226 valence electrons. The minimum absolute atomic E-state index is 0.0512. The van der Waals surface area contributed by atoms with Crippen LogP contribution < -0.4 is 10.1 Å². The van der Waals surface area contributed by atoms with Gasteiger partial charge in [0, 0.05) is 17.2 Å². The number of benzene rings is 3. The van der Waals surface area contributed by atoms with Gasteiger partial charge in [0.2, 0.25) is 0 Å². The lowest BCUT2D eigenvalue weighted by Crippen LogP contribution is -2.21. The van der Waals surface area contributed by atoms with E-state index in [9.17, 15) is 18.0 Å². The SMILES string of the molecule is Cc1nn(Cc2cccc(Oc3ccccc3)c2)c(C)c1NC(=O)c1cc2nc3c(c(C(F)(F)F)n2n1)CCc1ccccc1-3. The van der Waals surface area contributed by atoms with E-state index in [2.05, 4.69) is 20.5 Å². The van der Waals surface area contributed by atoms with E-state index >= 15 is 0 Å². The van der Waals surface area contributed by atoms with Crippen LogP contribution in [0.15, 0.2) is 84.9 Å². The molecule has 8 nitrogen and oxygen atoms in total. The van der Waals surface area contributed by atoms with Crippen molar-refractivity contribution in [1.29, 1.82) is 0 Å². The summed E-state index contributed by atoms with van der Waals surface area (Å²) in [5.41, 5.74) is 3.45. The lowest BCUT2D eigenvalue weighted by atomic mass is 9.88. The molecule has 3 heterocycles. The van der Waals surface area contributed by atoms with Crippen molar-refractivity contribution in [2.75, 3.05) is 5.32 Å². The van der Waals surface area contributed by atoms with Gasteiger partial charge in [-0.25, -0.2) is 9.50 Å². The molecule has 3 aromatic heterocycles. The second-order valence-corrected chi connectivity index (χ2v) is 11.0. The molecule has 11 heteroatoms. The number of hydrogen-bond acceptors (Lipinski definition) is 5. The Kier molecular flexibility index (Phi) is 6.87. The molecule has 1 aliphatic carbocycles. The Bertz CT molecular complexity index is 2080. The number of carbonyl (C=O) groups excluding carboxylic acids is 1. The zero-order valence-corrected chi connectivity index (χ0v) is 24.4. The third kappa shape index (κ3) is 5.30. The first-order valence-corrected chi connectivity index (χ1v) is 14.4. The van der Waals surface area contributed by atoms with Gasteiger partial charge in [0.25, 0.3) is 5.91 Å². The zero-order chi connectivity index (χ0) is 31.3. The molecule has 0 saturated carbocycles. The highest BCUT2D eigenvalue weighted by molar-refractivity contribution is 6.04. The summed E-state index contributed by atoms with van der Waals surface area (Å²) in [5.74, 6) is 0.744. The molecule has 1 aliphatic rings. The minimum Gasteiger partial charge on any atom is -0.457 e. The molecule has 45 heavy (non-hydrogen) atoms. The highest BCUT2D eigenvalue weighted by Gasteiger charge is 2.40. The fourth-order valence-corrected chi connectivity index (χ4v) is 5.84. The molecule has 0 fully saturated rings. The normalized spacial score (nSPS) is 12.6. The van der Waals surface area contributed by atoms with E-state index in [0.717, 1.165) is 21.4 Å². The second-order valence-electron chi connectivity index (χ2n) is 11.0. The number of para-hydroxylation sites is 1. The molecular weight excluding hydrogens is 581 g/mol. The molecule has 1 amide bonds. The maximum absolute atomic E-state index is 14.5. The van der Waals surface area contributed by atoms with Crippen molar-refractivity contribution in [2.45, 2.75) is 39.4 Å². The van der Waals surface area contributed by atoms with E-state index in [0.29, 0.717) is 41.4 Å². The van der Waals surface area contributed by atoms with Gasteiger partial charge < -0.3 is 10.1 Å². The van der Waals surface area contributed by atoms with Crippen molar-refractivity contribution in [3.63, 3.8) is 0 Å². The molecule has 3 aromatic carbocycles. The molecule has 7 rings (SSSR count). The van der Waals surface area contributed by atoms with E-state index < -0.39 is 17.8 Å². The Balaban J connectivity index is 1.17. The number of rotatable bonds is 6. The molecule has 6 aromatic rings. The van der Waals surface area contributed by atoms with E-state index in [-0.39, 0.29) is 29.0 Å². The number of ether oxygens (including phenoxy) is 1. The zero-order valence-electron chi connectivity index (χ0n) is 24.4. The van der Waals surface area contributed by atoms with Crippen molar-refractivity contribution in [3.8, 4) is 22.8 Å². The number of nitrogens with one attached hydrogen (secondary N) is 1. The Labute approximate surface area is 256 Å². The molecule has 0 spiro atoms. The first kappa shape index (κ1) is 28.3. The largest absolute Gasteiger partial charge is 0.457 e. The lowest BCUT2D eigenvalue weighted by Gasteiger charge is -2.23. The van der Waals surface area contributed by atoms with Crippen LogP contribution in [0.2, 0.25) is 0 Å². The molecule has 0 unspecified atom stereocenters. The molecule has 0 saturated heterocycles. The summed E-state index contributed by atoms with van der Waals surface area (Å²) in [6, 6.07) is 25.7. The minimum atomic E-state index is -4.70. The first-order valence-electron chi connectivity index (χ1n) is 14.4. The van der Waals surface area contributed by atoms with Gasteiger partial charge in [-0.3, -0.25) is 9.48 Å². The van der Waals surface area contributed by atoms with Crippen molar-refractivity contribution in [1.82, 2.24) is 24.4 Å². The monoisotopic (exact) mass is 608 g/mol. The van der Waals surface area contributed by atoms with Crippen LogP contribution in [0.5, 0.6) is 11.5 Å². The van der Waals surface area contributed by atoms with Crippen molar-refractivity contribution in [2.24, 2.45) is 0 Å². The summed E-state index contributed by atoms with van der Waals surface area (Å²) in [4.78, 5) is 18.0. The van der Waals surface area contributed by atoms with Crippen molar-refractivity contribution in [3.05, 3.63) is 124 Å². The maximum Gasteiger partial charge on any atom is 0.433 e. The van der Waals surface area contributed by atoms with Gasteiger partial charge in [-0.1, -0.05) is 54.6 Å². The van der Waals surface area contributed by atoms with Crippen LogP contribution in [-0.2, 0) is 25.6 Å². The summed E-state index contributed by atoms with van der Waals surface area (Å²) in [6.07, 6.45) is -4.07. The van der Waals surface area contributed by atoms with E-state index in [1.165, 1.54) is 6.07 Å².